The molecule has 1 amide bonds. The molecule has 21 heavy (non-hydrogen) atoms. The van der Waals surface area contributed by atoms with Gasteiger partial charge in [0.15, 0.2) is 0 Å². The lowest BCUT2D eigenvalue weighted by Crippen LogP contribution is -2.51. The smallest absolute Gasteiger partial charge is 0.314 e. The number of amides is 1. The van der Waals surface area contributed by atoms with Crippen LogP contribution in [0, 0.1) is 0 Å². The average Bonchev–Trinajstić information content (AvgIpc) is 2.35. The van der Waals surface area contributed by atoms with Gasteiger partial charge in [0, 0.05) is 13.3 Å². The van der Waals surface area contributed by atoms with E-state index in [-0.39, 0.29) is 6.42 Å². The molecule has 0 saturated heterocycles. The topological polar surface area (TPSA) is 104 Å². The van der Waals surface area contributed by atoms with E-state index in [1.54, 1.807) is 0 Å². The number of hydrogen-bond donors (Lipinski definition) is 3. The molecule has 3 N–H and O–H groups in total. The van der Waals surface area contributed by atoms with Crippen molar-refractivity contribution < 1.29 is 22.9 Å². The molecule has 0 saturated carbocycles. The van der Waals surface area contributed by atoms with Gasteiger partial charge in [0.2, 0.25) is 5.91 Å². The van der Waals surface area contributed by atoms with Crippen LogP contribution < -0.4 is 5.32 Å². The van der Waals surface area contributed by atoms with E-state index in [0.29, 0.717) is 6.42 Å². The summed E-state index contributed by atoms with van der Waals surface area (Å²) in [6.07, 6.45) is 10.1. The van der Waals surface area contributed by atoms with E-state index in [9.17, 15) is 18.3 Å². The number of nitrogens with one attached hydrogen (secondary N) is 1. The first-order valence-electron chi connectivity index (χ1n) is 7.71. The van der Waals surface area contributed by atoms with Crippen LogP contribution in [-0.2, 0) is 14.9 Å². The molecular weight excluding hydrogens is 294 g/mol. The Labute approximate surface area is 128 Å². The zero-order valence-electron chi connectivity index (χ0n) is 13.1. The molecule has 0 radical (unpaired) electrons. The van der Waals surface area contributed by atoms with Crippen LogP contribution in [0.25, 0.3) is 0 Å². The maximum Gasteiger partial charge on any atom is 0.314 e. The molecule has 0 aliphatic heterocycles. The summed E-state index contributed by atoms with van der Waals surface area (Å²) in [5, 5.41) is 8.67. The Morgan fingerprint density at radius 1 is 1.00 bits per heavy atom. The summed E-state index contributed by atoms with van der Waals surface area (Å²) in [5.41, 5.74) is 0. The summed E-state index contributed by atoms with van der Waals surface area (Å²) in [4.78, 5) is 11.5. The molecule has 0 bridgehead atoms. The highest BCUT2D eigenvalue weighted by molar-refractivity contribution is 7.87. The van der Waals surface area contributed by atoms with Gasteiger partial charge in [-0.2, -0.15) is 8.42 Å². The van der Waals surface area contributed by atoms with Gasteiger partial charge in [-0.3, -0.25) is 9.35 Å². The molecule has 0 aromatic carbocycles. The number of aliphatic hydroxyl groups is 1. The highest BCUT2D eigenvalue weighted by Crippen LogP contribution is 2.11. The summed E-state index contributed by atoms with van der Waals surface area (Å²) in [6.45, 7) is 3.01. The number of hydrogen-bond acceptors (Lipinski definition) is 4. The van der Waals surface area contributed by atoms with E-state index < -0.39 is 21.1 Å². The van der Waals surface area contributed by atoms with Crippen LogP contribution >= 0.6 is 0 Å². The lowest BCUT2D eigenvalue weighted by atomic mass is 10.1. The van der Waals surface area contributed by atoms with Crippen LogP contribution in [-0.4, -0.2) is 29.0 Å². The highest BCUT2D eigenvalue weighted by Gasteiger charge is 2.36. The Hall–Kier alpha value is -0.660. The first kappa shape index (κ1) is 20.3. The second-order valence-corrected chi connectivity index (χ2v) is 7.33. The normalized spacial score (nSPS) is 14.7. The van der Waals surface area contributed by atoms with Crippen LogP contribution in [0.4, 0.5) is 0 Å². The number of rotatable bonds is 12. The monoisotopic (exact) mass is 323 g/mol. The lowest BCUT2D eigenvalue weighted by Gasteiger charge is -2.20. The fourth-order valence-electron chi connectivity index (χ4n) is 1.98. The van der Waals surface area contributed by atoms with Gasteiger partial charge in [0.05, 0.1) is 0 Å². The molecule has 0 aromatic rings. The molecule has 0 heterocycles. The zero-order chi connectivity index (χ0) is 16.4. The van der Waals surface area contributed by atoms with E-state index >= 15 is 0 Å². The quantitative estimate of drug-likeness (QED) is 0.291. The molecule has 126 valence electrons. The molecule has 0 aromatic heterocycles. The fourth-order valence-corrected chi connectivity index (χ4v) is 2.22. The Morgan fingerprint density at radius 3 is 1.86 bits per heavy atom. The van der Waals surface area contributed by atoms with E-state index in [4.69, 9.17) is 4.55 Å². The third kappa shape index (κ3) is 9.82. The third-order valence-electron chi connectivity index (χ3n) is 3.38. The van der Waals surface area contributed by atoms with E-state index in [0.717, 1.165) is 26.2 Å². The molecule has 1 unspecified atom stereocenters. The molecule has 0 spiro atoms. The standard InChI is InChI=1S/C14H29NO5S/c1-3-4-5-6-7-8-9-10-11-12-13(16)15-14(2,17)21(18,19)20/h17H,3-12H2,1-2H3,(H,15,16)(H,18,19,20). The molecule has 6 nitrogen and oxygen atoms in total. The van der Waals surface area contributed by atoms with Crippen LogP contribution in [0.15, 0.2) is 0 Å². The maximum absolute atomic E-state index is 11.5. The molecule has 0 fully saturated rings. The Bertz CT molecular complexity index is 392. The van der Waals surface area contributed by atoms with Crippen molar-refractivity contribution in [2.24, 2.45) is 0 Å². The van der Waals surface area contributed by atoms with E-state index in [1.807, 2.05) is 5.32 Å². The van der Waals surface area contributed by atoms with Gasteiger partial charge >= 0.3 is 10.1 Å². The third-order valence-corrected chi connectivity index (χ3v) is 4.49. The summed E-state index contributed by atoms with van der Waals surface area (Å²) < 4.78 is 30.3. The summed E-state index contributed by atoms with van der Waals surface area (Å²) in [6, 6.07) is 0. The second kappa shape index (κ2) is 10.1. The van der Waals surface area contributed by atoms with Gasteiger partial charge < -0.3 is 10.4 Å². The molecule has 0 rings (SSSR count). The predicted molar refractivity (Wildman–Crippen MR) is 82.2 cm³/mol. The average molecular weight is 323 g/mol. The van der Waals surface area contributed by atoms with E-state index in [1.165, 1.54) is 32.1 Å². The summed E-state index contributed by atoms with van der Waals surface area (Å²) in [7, 11) is -4.72. The van der Waals surface area contributed by atoms with Gasteiger partial charge in [-0.05, 0) is 6.42 Å². The van der Waals surface area contributed by atoms with Crippen LogP contribution in [0.2, 0.25) is 0 Å². The van der Waals surface area contributed by atoms with Crippen LogP contribution in [0.5, 0.6) is 0 Å². The maximum atomic E-state index is 11.5. The van der Waals surface area contributed by atoms with Gasteiger partial charge in [-0.15, -0.1) is 0 Å². The van der Waals surface area contributed by atoms with Crippen molar-refractivity contribution in [2.75, 3.05) is 0 Å². The number of carbonyl (C=O) groups excluding carboxylic acids is 1. The minimum absolute atomic E-state index is 0.140. The molecular formula is C14H29NO5S. The Morgan fingerprint density at radius 2 is 1.43 bits per heavy atom. The van der Waals surface area contributed by atoms with Gasteiger partial charge in [-0.25, -0.2) is 0 Å². The minimum Gasteiger partial charge on any atom is -0.357 e. The first-order chi connectivity index (χ1) is 9.70. The van der Waals surface area contributed by atoms with Crippen molar-refractivity contribution in [3.63, 3.8) is 0 Å². The molecule has 0 aliphatic carbocycles. The highest BCUT2D eigenvalue weighted by atomic mass is 32.2. The number of carbonyl (C=O) groups is 1. The SMILES string of the molecule is CCCCCCCCCCCC(=O)NC(C)(O)S(=O)(=O)O. The molecule has 0 aliphatic rings. The van der Waals surface area contributed by atoms with Crippen molar-refractivity contribution in [3.8, 4) is 0 Å². The van der Waals surface area contributed by atoms with Gasteiger partial charge in [-0.1, -0.05) is 58.3 Å². The lowest BCUT2D eigenvalue weighted by molar-refractivity contribution is -0.125. The molecule has 1 atom stereocenters. The van der Waals surface area contributed by atoms with Crippen molar-refractivity contribution in [1.29, 1.82) is 0 Å². The van der Waals surface area contributed by atoms with Crippen molar-refractivity contribution in [1.82, 2.24) is 5.32 Å². The van der Waals surface area contributed by atoms with E-state index in [2.05, 4.69) is 6.92 Å². The largest absolute Gasteiger partial charge is 0.357 e. The Kier molecular flexibility index (Phi) is 9.81. The van der Waals surface area contributed by atoms with Crippen molar-refractivity contribution >= 4 is 16.0 Å². The number of unbranched alkanes of at least 4 members (excludes halogenated alkanes) is 8. The van der Waals surface area contributed by atoms with Gasteiger partial charge in [0.1, 0.15) is 0 Å². The summed E-state index contributed by atoms with van der Waals surface area (Å²) in [5.74, 6) is -0.583. The van der Waals surface area contributed by atoms with Crippen LogP contribution in [0.1, 0.15) is 78.1 Å². The minimum atomic E-state index is -4.72. The van der Waals surface area contributed by atoms with Crippen LogP contribution in [0.3, 0.4) is 0 Å². The predicted octanol–water partition coefficient (Wildman–Crippen LogP) is 2.58. The first-order valence-corrected chi connectivity index (χ1v) is 9.15. The Balaban J connectivity index is 3.64. The summed E-state index contributed by atoms with van der Waals surface area (Å²) >= 11 is 0. The molecule has 7 heteroatoms. The zero-order valence-corrected chi connectivity index (χ0v) is 13.9. The second-order valence-electron chi connectivity index (χ2n) is 5.58. The van der Waals surface area contributed by atoms with Gasteiger partial charge in [0.25, 0.3) is 5.06 Å². The fraction of sp³-hybridized carbons (Fsp3) is 0.929. The van der Waals surface area contributed by atoms with Crippen molar-refractivity contribution in [3.05, 3.63) is 0 Å². The van der Waals surface area contributed by atoms with Crippen molar-refractivity contribution in [2.45, 2.75) is 83.1 Å².